The first-order chi connectivity index (χ1) is 10.8. The summed E-state index contributed by atoms with van der Waals surface area (Å²) in [6.07, 6.45) is 0. The molecule has 1 spiro atoms. The fraction of sp³-hybridized carbons (Fsp3) is 0.182. The van der Waals surface area contributed by atoms with E-state index < -0.39 is 0 Å². The summed E-state index contributed by atoms with van der Waals surface area (Å²) in [5, 5.41) is 0. The van der Waals surface area contributed by atoms with Crippen molar-refractivity contribution in [2.45, 2.75) is 18.3 Å². The fourth-order valence-electron chi connectivity index (χ4n) is 4.90. The number of fused-ring (bicyclic) bond motifs is 5. The van der Waals surface area contributed by atoms with Crippen LogP contribution < -0.4 is 0 Å². The normalized spacial score (nSPS) is 23.1. The van der Waals surface area contributed by atoms with Crippen LogP contribution in [0.5, 0.6) is 0 Å². The quantitative estimate of drug-likeness (QED) is 0.561. The van der Waals surface area contributed by atoms with Crippen molar-refractivity contribution in [3.05, 3.63) is 95.6 Å². The maximum Gasteiger partial charge on any atom is 0.0318 e. The van der Waals surface area contributed by atoms with Gasteiger partial charge in [-0.1, -0.05) is 85.8 Å². The molecule has 0 aromatic heterocycles. The second-order valence-electron chi connectivity index (χ2n) is 6.64. The predicted molar refractivity (Wildman–Crippen MR) is 91.0 cm³/mol. The molecule has 5 rings (SSSR count). The Kier molecular flexibility index (Phi) is 2.28. The minimum Gasteiger partial charge on any atom is -0.0622 e. The Bertz CT molecular complexity index is 814. The molecule has 0 N–H and O–H groups in total. The van der Waals surface area contributed by atoms with Crippen LogP contribution in [0.4, 0.5) is 0 Å². The molecule has 0 amide bonds. The highest BCUT2D eigenvalue weighted by Gasteiger charge is 2.67. The van der Waals surface area contributed by atoms with Gasteiger partial charge >= 0.3 is 0 Å². The Morgan fingerprint density at radius 3 is 1.73 bits per heavy atom. The van der Waals surface area contributed by atoms with Gasteiger partial charge in [0.1, 0.15) is 0 Å². The van der Waals surface area contributed by atoms with Gasteiger partial charge in [-0.15, -0.1) is 0 Å². The molecule has 3 aromatic rings. The van der Waals surface area contributed by atoms with Crippen molar-refractivity contribution in [3.8, 4) is 11.1 Å². The molecule has 1 fully saturated rings. The van der Waals surface area contributed by atoms with E-state index in [4.69, 9.17) is 0 Å². The minimum atomic E-state index is 0.189. The van der Waals surface area contributed by atoms with E-state index in [0.717, 1.165) is 0 Å². The molecule has 0 saturated heterocycles. The Labute approximate surface area is 131 Å². The van der Waals surface area contributed by atoms with Gasteiger partial charge < -0.3 is 0 Å². The van der Waals surface area contributed by atoms with Crippen LogP contribution in [0.15, 0.2) is 78.9 Å². The van der Waals surface area contributed by atoms with Gasteiger partial charge in [0, 0.05) is 11.3 Å². The summed E-state index contributed by atoms with van der Waals surface area (Å²) in [7, 11) is 0. The predicted octanol–water partition coefficient (Wildman–Crippen LogP) is 5.39. The van der Waals surface area contributed by atoms with Gasteiger partial charge in [-0.2, -0.15) is 0 Å². The molecular weight excluding hydrogens is 264 g/mol. The van der Waals surface area contributed by atoms with Gasteiger partial charge in [0.05, 0.1) is 0 Å². The third-order valence-corrected chi connectivity index (χ3v) is 5.79. The molecule has 2 aliphatic rings. The van der Waals surface area contributed by atoms with Crippen LogP contribution in [0.3, 0.4) is 0 Å². The van der Waals surface area contributed by atoms with Gasteiger partial charge in [-0.3, -0.25) is 0 Å². The summed E-state index contributed by atoms with van der Waals surface area (Å²) in [5.74, 6) is 1.25. The second kappa shape index (κ2) is 4.10. The average Bonchev–Trinajstić information content (AvgIpc) is 3.10. The van der Waals surface area contributed by atoms with Gasteiger partial charge in [0.2, 0.25) is 0 Å². The van der Waals surface area contributed by atoms with Crippen LogP contribution in [0.25, 0.3) is 11.1 Å². The number of rotatable bonds is 1. The van der Waals surface area contributed by atoms with Crippen LogP contribution in [0.1, 0.15) is 29.5 Å². The molecule has 0 heterocycles. The molecule has 0 radical (unpaired) electrons. The maximum atomic E-state index is 2.41. The van der Waals surface area contributed by atoms with Crippen molar-refractivity contribution in [1.82, 2.24) is 0 Å². The lowest BCUT2D eigenvalue weighted by Crippen LogP contribution is -2.09. The maximum absolute atomic E-state index is 2.41. The topological polar surface area (TPSA) is 0 Å². The Morgan fingerprint density at radius 1 is 0.636 bits per heavy atom. The highest BCUT2D eigenvalue weighted by Crippen LogP contribution is 2.73. The van der Waals surface area contributed by atoms with Gasteiger partial charge in [-0.05, 0) is 33.7 Å². The first-order valence-electron chi connectivity index (χ1n) is 8.09. The molecule has 3 aromatic carbocycles. The van der Waals surface area contributed by atoms with E-state index in [0.29, 0.717) is 11.8 Å². The Morgan fingerprint density at radius 2 is 1.14 bits per heavy atom. The minimum absolute atomic E-state index is 0.189. The Hall–Kier alpha value is -2.34. The fourth-order valence-corrected chi connectivity index (χ4v) is 4.90. The first-order valence-corrected chi connectivity index (χ1v) is 8.09. The van der Waals surface area contributed by atoms with Crippen molar-refractivity contribution in [2.24, 2.45) is 5.92 Å². The van der Waals surface area contributed by atoms with Gasteiger partial charge in [-0.25, -0.2) is 0 Å². The summed E-state index contributed by atoms with van der Waals surface area (Å²) < 4.78 is 0. The van der Waals surface area contributed by atoms with Crippen molar-refractivity contribution < 1.29 is 0 Å². The summed E-state index contributed by atoms with van der Waals surface area (Å²) in [5.41, 5.74) is 7.58. The molecule has 0 heteroatoms. The molecule has 106 valence electrons. The van der Waals surface area contributed by atoms with E-state index in [9.17, 15) is 0 Å². The van der Waals surface area contributed by atoms with Crippen molar-refractivity contribution in [1.29, 1.82) is 0 Å². The molecule has 2 aliphatic carbocycles. The van der Waals surface area contributed by atoms with Crippen LogP contribution in [0.2, 0.25) is 0 Å². The van der Waals surface area contributed by atoms with Crippen LogP contribution in [-0.4, -0.2) is 0 Å². The average molecular weight is 282 g/mol. The summed E-state index contributed by atoms with van der Waals surface area (Å²) >= 11 is 0. The number of hydrogen-bond donors (Lipinski definition) is 0. The standard InChI is InChI=1S/C22H18/c1-15-21(16-9-3-2-4-10-16)22(15)19-13-7-5-11-17(19)18-12-6-8-14-20(18)22/h2-15,21H,1H3/t15-,21+/m1/s1. The molecule has 0 unspecified atom stereocenters. The largest absolute Gasteiger partial charge is 0.0622 e. The van der Waals surface area contributed by atoms with Crippen LogP contribution >= 0.6 is 0 Å². The highest BCUT2D eigenvalue weighted by atomic mass is 14.7. The zero-order valence-corrected chi connectivity index (χ0v) is 12.7. The van der Waals surface area contributed by atoms with E-state index in [1.54, 1.807) is 0 Å². The zero-order valence-electron chi connectivity index (χ0n) is 12.7. The molecule has 0 aliphatic heterocycles. The molecular formula is C22H18. The SMILES string of the molecule is C[C@@H]1[C@@H](c2ccccc2)C12c1ccccc1-c1ccccc12. The first kappa shape index (κ1) is 12.2. The lowest BCUT2D eigenvalue weighted by atomic mass is 9.88. The summed E-state index contributed by atoms with van der Waals surface area (Å²) in [4.78, 5) is 0. The van der Waals surface area contributed by atoms with Crippen molar-refractivity contribution in [3.63, 3.8) is 0 Å². The number of hydrogen-bond acceptors (Lipinski definition) is 0. The lowest BCUT2D eigenvalue weighted by Gasteiger charge is -2.15. The lowest BCUT2D eigenvalue weighted by molar-refractivity contribution is 0.766. The summed E-state index contributed by atoms with van der Waals surface area (Å²) in [6.45, 7) is 2.41. The molecule has 22 heavy (non-hydrogen) atoms. The summed E-state index contributed by atoms with van der Waals surface area (Å²) in [6, 6.07) is 29.0. The third kappa shape index (κ3) is 1.29. The van der Waals surface area contributed by atoms with E-state index in [1.807, 2.05) is 0 Å². The van der Waals surface area contributed by atoms with Crippen LogP contribution in [0, 0.1) is 5.92 Å². The molecule has 0 bridgehead atoms. The van der Waals surface area contributed by atoms with E-state index >= 15 is 0 Å². The van der Waals surface area contributed by atoms with Crippen LogP contribution in [-0.2, 0) is 5.41 Å². The second-order valence-corrected chi connectivity index (χ2v) is 6.64. The van der Waals surface area contributed by atoms with E-state index in [-0.39, 0.29) is 5.41 Å². The van der Waals surface area contributed by atoms with Crippen molar-refractivity contribution >= 4 is 0 Å². The molecule has 1 saturated carbocycles. The number of benzene rings is 3. The van der Waals surface area contributed by atoms with E-state index in [2.05, 4.69) is 85.8 Å². The van der Waals surface area contributed by atoms with Gasteiger partial charge in [0.15, 0.2) is 0 Å². The van der Waals surface area contributed by atoms with E-state index in [1.165, 1.54) is 27.8 Å². The zero-order chi connectivity index (χ0) is 14.7. The molecule has 2 atom stereocenters. The monoisotopic (exact) mass is 282 g/mol. The third-order valence-electron chi connectivity index (χ3n) is 5.79. The smallest absolute Gasteiger partial charge is 0.0318 e. The highest BCUT2D eigenvalue weighted by molar-refractivity contribution is 5.84. The Balaban J connectivity index is 1.79. The van der Waals surface area contributed by atoms with Crippen molar-refractivity contribution in [2.75, 3.05) is 0 Å². The van der Waals surface area contributed by atoms with Gasteiger partial charge in [0.25, 0.3) is 0 Å². The molecule has 0 nitrogen and oxygen atoms in total.